The fourth-order valence-electron chi connectivity index (χ4n) is 4.02. The van der Waals surface area contributed by atoms with E-state index in [0.717, 1.165) is 7.11 Å². The molecule has 3 atom stereocenters. The minimum Gasteiger partial charge on any atom is -0.481 e. The van der Waals surface area contributed by atoms with Crippen LogP contribution >= 0.6 is 0 Å². The van der Waals surface area contributed by atoms with Crippen LogP contribution in [0.15, 0.2) is 35.5 Å². The van der Waals surface area contributed by atoms with E-state index in [1.807, 2.05) is 0 Å². The summed E-state index contributed by atoms with van der Waals surface area (Å²) in [5, 5.41) is 24.8. The number of hydrogen-bond donors (Lipinski definition) is 2. The van der Waals surface area contributed by atoms with Crippen molar-refractivity contribution in [3.8, 4) is 0 Å². The smallest absolute Gasteiger partial charge is 0.336 e. The lowest BCUT2D eigenvalue weighted by molar-refractivity contribution is -0.385. The van der Waals surface area contributed by atoms with Gasteiger partial charge >= 0.3 is 11.9 Å². The number of para-hydroxylation sites is 1. The third kappa shape index (κ3) is 3.35. The van der Waals surface area contributed by atoms with Crippen molar-refractivity contribution in [2.24, 2.45) is 5.41 Å². The van der Waals surface area contributed by atoms with E-state index in [2.05, 4.69) is 5.32 Å². The quantitative estimate of drug-likeness (QED) is 0.428. The average Bonchev–Trinajstić information content (AvgIpc) is 2.62. The number of nitro benzene ring substituents is 1. The summed E-state index contributed by atoms with van der Waals surface area (Å²) < 4.78 is 4.84. The number of methoxy groups -OCH3 is 1. The SMILES string of the molecule is COC(=O)C1=C(C)N[C@H](C)[C@@](CC(C)=O)(C(=O)O)[C@@H]1c1ccccc1[N+](=O)[O-]. The number of benzene rings is 1. The predicted octanol–water partition coefficient (Wildman–Crippen LogP) is 2.17. The Kier molecular flexibility index (Phi) is 5.86. The number of esters is 1. The monoisotopic (exact) mass is 390 g/mol. The molecule has 0 saturated heterocycles. The number of aliphatic carboxylic acids is 1. The van der Waals surface area contributed by atoms with Gasteiger partial charge < -0.3 is 15.2 Å². The van der Waals surface area contributed by atoms with Crippen LogP contribution in [0.5, 0.6) is 0 Å². The molecule has 0 amide bonds. The molecule has 0 aromatic heterocycles. The fourth-order valence-corrected chi connectivity index (χ4v) is 4.02. The number of carbonyl (C=O) groups excluding carboxylic acids is 2. The molecule has 9 nitrogen and oxygen atoms in total. The number of nitrogens with zero attached hydrogens (tertiary/aromatic N) is 1. The van der Waals surface area contributed by atoms with Crippen molar-refractivity contribution in [2.75, 3.05) is 7.11 Å². The molecular weight excluding hydrogens is 368 g/mol. The first-order valence-corrected chi connectivity index (χ1v) is 8.59. The van der Waals surface area contributed by atoms with Crippen molar-refractivity contribution in [1.82, 2.24) is 5.32 Å². The molecule has 1 aromatic carbocycles. The minimum absolute atomic E-state index is 0.0430. The number of carboxylic acid groups (broad SMARTS) is 1. The third-order valence-electron chi connectivity index (χ3n) is 5.20. The Labute approximate surface area is 161 Å². The normalized spacial score (nSPS) is 24.3. The van der Waals surface area contributed by atoms with Crippen LogP contribution in [0.3, 0.4) is 0 Å². The van der Waals surface area contributed by atoms with E-state index >= 15 is 0 Å². The molecule has 0 aliphatic carbocycles. The van der Waals surface area contributed by atoms with E-state index in [9.17, 15) is 29.6 Å². The van der Waals surface area contributed by atoms with E-state index < -0.39 is 46.4 Å². The van der Waals surface area contributed by atoms with Gasteiger partial charge in [-0.05, 0) is 20.8 Å². The highest BCUT2D eigenvalue weighted by Crippen LogP contribution is 2.52. The zero-order valence-electron chi connectivity index (χ0n) is 16.0. The Morgan fingerprint density at radius 3 is 2.43 bits per heavy atom. The summed E-state index contributed by atoms with van der Waals surface area (Å²) in [6.07, 6.45) is -0.416. The molecule has 0 saturated carbocycles. The second kappa shape index (κ2) is 7.79. The molecule has 2 N–H and O–H groups in total. The van der Waals surface area contributed by atoms with Gasteiger partial charge in [-0.2, -0.15) is 0 Å². The molecule has 150 valence electrons. The maximum atomic E-state index is 12.6. The Morgan fingerprint density at radius 2 is 1.93 bits per heavy atom. The summed E-state index contributed by atoms with van der Waals surface area (Å²) in [5.74, 6) is -3.81. The standard InChI is InChI=1S/C19H22N2O7/c1-10(22)9-19(18(24)25)12(3)20-11(2)15(17(23)28-4)16(19)13-7-5-6-8-14(13)21(26)27/h5-8,12,16,20H,9H2,1-4H3,(H,24,25)/t12-,16-,19-/m1/s1. The lowest BCUT2D eigenvalue weighted by atomic mass is 9.60. The van der Waals surface area contributed by atoms with Crippen LogP contribution in [-0.2, 0) is 19.1 Å². The number of carboxylic acids is 1. The molecule has 28 heavy (non-hydrogen) atoms. The van der Waals surface area contributed by atoms with Crippen LogP contribution < -0.4 is 5.32 Å². The maximum Gasteiger partial charge on any atom is 0.336 e. The van der Waals surface area contributed by atoms with Gasteiger partial charge in [-0.25, -0.2) is 4.79 Å². The van der Waals surface area contributed by atoms with Crippen LogP contribution in [-0.4, -0.2) is 40.9 Å². The van der Waals surface area contributed by atoms with Gasteiger partial charge in [-0.3, -0.25) is 19.7 Å². The first-order valence-electron chi connectivity index (χ1n) is 8.59. The van der Waals surface area contributed by atoms with Gasteiger partial charge in [0.1, 0.15) is 11.2 Å². The summed E-state index contributed by atoms with van der Waals surface area (Å²) in [6.45, 7) is 4.40. The van der Waals surface area contributed by atoms with Crippen molar-refractivity contribution >= 4 is 23.4 Å². The van der Waals surface area contributed by atoms with E-state index in [4.69, 9.17) is 4.74 Å². The maximum absolute atomic E-state index is 12.6. The number of rotatable bonds is 6. The molecular formula is C19H22N2O7. The predicted molar refractivity (Wildman–Crippen MR) is 98.5 cm³/mol. The zero-order chi connectivity index (χ0) is 21.2. The average molecular weight is 390 g/mol. The highest BCUT2D eigenvalue weighted by Gasteiger charge is 2.58. The Bertz CT molecular complexity index is 877. The number of nitrogens with one attached hydrogen (secondary N) is 1. The highest BCUT2D eigenvalue weighted by molar-refractivity contribution is 5.96. The van der Waals surface area contributed by atoms with Crippen LogP contribution in [0.2, 0.25) is 0 Å². The van der Waals surface area contributed by atoms with Crippen LogP contribution in [0.25, 0.3) is 0 Å². The number of ketones is 1. The molecule has 0 radical (unpaired) electrons. The second-order valence-corrected chi connectivity index (χ2v) is 6.87. The molecule has 9 heteroatoms. The number of nitro groups is 1. The minimum atomic E-state index is -1.82. The molecule has 0 fully saturated rings. The van der Waals surface area contributed by atoms with Crippen molar-refractivity contribution < 1.29 is 29.2 Å². The molecule has 0 unspecified atom stereocenters. The first-order chi connectivity index (χ1) is 13.1. The van der Waals surface area contributed by atoms with Gasteiger partial charge in [0, 0.05) is 35.7 Å². The van der Waals surface area contributed by atoms with E-state index in [0.29, 0.717) is 5.70 Å². The lowest BCUT2D eigenvalue weighted by Crippen LogP contribution is -2.57. The van der Waals surface area contributed by atoms with Crippen LogP contribution in [0.4, 0.5) is 5.69 Å². The fraction of sp³-hybridized carbons (Fsp3) is 0.421. The summed E-state index contributed by atoms with van der Waals surface area (Å²) in [5.41, 5.74) is -1.79. The van der Waals surface area contributed by atoms with E-state index in [-0.39, 0.29) is 16.8 Å². The zero-order valence-corrected chi connectivity index (χ0v) is 16.0. The highest BCUT2D eigenvalue weighted by atomic mass is 16.6. The number of Topliss-reactive ketones (excluding diaryl/α,β-unsaturated/α-hetero) is 1. The van der Waals surface area contributed by atoms with Gasteiger partial charge in [0.05, 0.1) is 17.6 Å². The second-order valence-electron chi connectivity index (χ2n) is 6.87. The molecule has 0 spiro atoms. The summed E-state index contributed by atoms with van der Waals surface area (Å²) in [7, 11) is 1.14. The molecule has 0 bridgehead atoms. The summed E-state index contributed by atoms with van der Waals surface area (Å²) in [4.78, 5) is 48.1. The van der Waals surface area contributed by atoms with Crippen molar-refractivity contribution in [2.45, 2.75) is 39.2 Å². The number of ether oxygens (including phenoxy) is 1. The molecule has 2 rings (SSSR count). The van der Waals surface area contributed by atoms with E-state index in [1.54, 1.807) is 13.8 Å². The van der Waals surface area contributed by atoms with Gasteiger partial charge in [-0.1, -0.05) is 18.2 Å². The van der Waals surface area contributed by atoms with Gasteiger partial charge in [-0.15, -0.1) is 0 Å². The van der Waals surface area contributed by atoms with Crippen molar-refractivity contribution in [3.05, 3.63) is 51.2 Å². The summed E-state index contributed by atoms with van der Waals surface area (Å²) in [6, 6.07) is 4.85. The molecule has 1 aliphatic rings. The Balaban J connectivity index is 2.96. The number of hydrogen-bond acceptors (Lipinski definition) is 7. The molecule has 1 aliphatic heterocycles. The van der Waals surface area contributed by atoms with Gasteiger partial charge in [0.25, 0.3) is 5.69 Å². The molecule has 1 aromatic rings. The largest absolute Gasteiger partial charge is 0.481 e. The molecule has 1 heterocycles. The number of carbonyl (C=O) groups is 3. The third-order valence-corrected chi connectivity index (χ3v) is 5.20. The van der Waals surface area contributed by atoms with Crippen LogP contribution in [0.1, 0.15) is 38.7 Å². The van der Waals surface area contributed by atoms with Crippen LogP contribution in [0, 0.1) is 15.5 Å². The first kappa shape index (κ1) is 21.1. The van der Waals surface area contributed by atoms with Gasteiger partial charge in [0.2, 0.25) is 0 Å². The van der Waals surface area contributed by atoms with Crippen molar-refractivity contribution in [1.29, 1.82) is 0 Å². The Hall–Kier alpha value is -3.23. The Morgan fingerprint density at radius 1 is 1.32 bits per heavy atom. The topological polar surface area (TPSA) is 136 Å². The van der Waals surface area contributed by atoms with Gasteiger partial charge in [0.15, 0.2) is 0 Å². The summed E-state index contributed by atoms with van der Waals surface area (Å²) >= 11 is 0. The van der Waals surface area contributed by atoms with Crippen molar-refractivity contribution in [3.63, 3.8) is 0 Å². The number of allylic oxidation sites excluding steroid dienone is 1. The lowest BCUT2D eigenvalue weighted by Gasteiger charge is -2.46. The van der Waals surface area contributed by atoms with E-state index in [1.165, 1.54) is 31.2 Å².